The van der Waals surface area contributed by atoms with Crippen molar-refractivity contribution in [2.45, 2.75) is 26.4 Å². The molecular weight excluding hydrogens is 444 g/mol. The number of carbonyl (C=O) groups excluding carboxylic acids is 2. The van der Waals surface area contributed by atoms with Crippen LogP contribution < -0.4 is 20.1 Å². The Morgan fingerprint density at radius 2 is 1.68 bits per heavy atom. The lowest BCUT2D eigenvalue weighted by Crippen LogP contribution is -2.49. The van der Waals surface area contributed by atoms with Crippen LogP contribution in [-0.2, 0) is 11.3 Å². The molecule has 3 rings (SSSR count). The lowest BCUT2D eigenvalue weighted by Gasteiger charge is -2.22. The third-order valence-electron chi connectivity index (χ3n) is 4.95. The highest BCUT2D eigenvalue weighted by atomic mass is 19.1. The zero-order chi connectivity index (χ0) is 24.7. The Labute approximate surface area is 196 Å². The van der Waals surface area contributed by atoms with Crippen LogP contribution in [0.1, 0.15) is 29.8 Å². The van der Waals surface area contributed by atoms with Gasteiger partial charge in [0.15, 0.2) is 0 Å². The minimum Gasteiger partial charge on any atom is -0.497 e. The lowest BCUT2D eigenvalue weighted by atomic mass is 10.0. The van der Waals surface area contributed by atoms with Crippen molar-refractivity contribution in [1.29, 1.82) is 0 Å². The van der Waals surface area contributed by atoms with Gasteiger partial charge >= 0.3 is 0 Å². The van der Waals surface area contributed by atoms with Gasteiger partial charge in [-0.25, -0.2) is 13.8 Å². The third-order valence-corrected chi connectivity index (χ3v) is 4.95. The smallest absolute Gasteiger partial charge is 0.257 e. The van der Waals surface area contributed by atoms with E-state index in [0.29, 0.717) is 22.9 Å². The van der Waals surface area contributed by atoms with Gasteiger partial charge in [-0.15, -0.1) is 0 Å². The summed E-state index contributed by atoms with van der Waals surface area (Å²) in [6.07, 6.45) is 1.55. The number of pyridine rings is 1. The van der Waals surface area contributed by atoms with E-state index < -0.39 is 35.1 Å². The minimum atomic E-state index is -0.997. The molecule has 0 spiro atoms. The summed E-state index contributed by atoms with van der Waals surface area (Å²) in [6, 6.07) is 12.6. The number of ether oxygens (including phenoxy) is 2. The summed E-state index contributed by atoms with van der Waals surface area (Å²) in [6.45, 7) is 3.57. The van der Waals surface area contributed by atoms with E-state index in [2.05, 4.69) is 15.6 Å². The Balaban J connectivity index is 1.59. The van der Waals surface area contributed by atoms with Gasteiger partial charge in [-0.1, -0.05) is 32.0 Å². The van der Waals surface area contributed by atoms with E-state index in [4.69, 9.17) is 9.47 Å². The largest absolute Gasteiger partial charge is 0.497 e. The fourth-order valence-corrected chi connectivity index (χ4v) is 3.12. The molecule has 0 saturated carbocycles. The molecule has 0 saturated heterocycles. The van der Waals surface area contributed by atoms with Crippen LogP contribution in [0.5, 0.6) is 17.4 Å². The van der Waals surface area contributed by atoms with Gasteiger partial charge in [0.1, 0.15) is 34.7 Å². The molecule has 3 aromatic rings. The van der Waals surface area contributed by atoms with Crippen LogP contribution in [0.2, 0.25) is 0 Å². The van der Waals surface area contributed by atoms with Gasteiger partial charge in [0.25, 0.3) is 5.91 Å². The maximum Gasteiger partial charge on any atom is 0.257 e. The van der Waals surface area contributed by atoms with Gasteiger partial charge in [0.05, 0.1) is 7.11 Å². The number of amides is 2. The van der Waals surface area contributed by atoms with Crippen LogP contribution in [0.15, 0.2) is 60.8 Å². The number of aromatic nitrogens is 1. The highest BCUT2D eigenvalue weighted by Crippen LogP contribution is 2.23. The highest BCUT2D eigenvalue weighted by Gasteiger charge is 2.27. The van der Waals surface area contributed by atoms with Crippen molar-refractivity contribution in [1.82, 2.24) is 15.6 Å². The van der Waals surface area contributed by atoms with E-state index in [0.717, 1.165) is 18.2 Å². The number of benzene rings is 2. The maximum atomic E-state index is 13.9. The summed E-state index contributed by atoms with van der Waals surface area (Å²) >= 11 is 0. The highest BCUT2D eigenvalue weighted by molar-refractivity contribution is 5.98. The molecule has 1 heterocycles. The Morgan fingerprint density at radius 1 is 1.00 bits per heavy atom. The fourth-order valence-electron chi connectivity index (χ4n) is 3.12. The topological polar surface area (TPSA) is 89.5 Å². The molecule has 1 aromatic heterocycles. The van der Waals surface area contributed by atoms with E-state index in [-0.39, 0.29) is 12.5 Å². The van der Waals surface area contributed by atoms with E-state index in [1.165, 1.54) is 0 Å². The first-order valence-electron chi connectivity index (χ1n) is 10.6. The predicted octanol–water partition coefficient (Wildman–Crippen LogP) is 4.23. The summed E-state index contributed by atoms with van der Waals surface area (Å²) in [5.41, 5.74) is -0.0305. The van der Waals surface area contributed by atoms with E-state index in [1.54, 1.807) is 63.6 Å². The van der Waals surface area contributed by atoms with Gasteiger partial charge in [0.2, 0.25) is 11.8 Å². The zero-order valence-electron chi connectivity index (χ0n) is 19.0. The number of rotatable bonds is 9. The molecule has 178 valence electrons. The monoisotopic (exact) mass is 469 g/mol. The van der Waals surface area contributed by atoms with Crippen LogP contribution >= 0.6 is 0 Å². The van der Waals surface area contributed by atoms with Crippen LogP contribution in [0.3, 0.4) is 0 Å². The van der Waals surface area contributed by atoms with E-state index >= 15 is 0 Å². The maximum absolute atomic E-state index is 13.9. The first-order valence-corrected chi connectivity index (χ1v) is 10.6. The van der Waals surface area contributed by atoms with E-state index in [9.17, 15) is 18.4 Å². The summed E-state index contributed by atoms with van der Waals surface area (Å²) in [4.78, 5) is 29.3. The average molecular weight is 469 g/mol. The van der Waals surface area contributed by atoms with Gasteiger partial charge in [-0.05, 0) is 35.7 Å². The quantitative estimate of drug-likeness (QED) is 0.490. The Kier molecular flexibility index (Phi) is 8.13. The van der Waals surface area contributed by atoms with Crippen LogP contribution in [0.25, 0.3) is 0 Å². The Hall–Kier alpha value is -4.01. The number of nitrogens with one attached hydrogen (secondary N) is 2. The summed E-state index contributed by atoms with van der Waals surface area (Å²) < 4.78 is 38.7. The molecular formula is C25H25F2N3O4. The van der Waals surface area contributed by atoms with Gasteiger partial charge in [-0.3, -0.25) is 9.59 Å². The first-order chi connectivity index (χ1) is 16.3. The predicted molar refractivity (Wildman–Crippen MR) is 122 cm³/mol. The lowest BCUT2D eigenvalue weighted by molar-refractivity contribution is -0.124. The molecule has 1 atom stereocenters. The summed E-state index contributed by atoms with van der Waals surface area (Å²) in [5, 5.41) is 5.13. The minimum absolute atomic E-state index is 0.137. The second-order valence-electron chi connectivity index (χ2n) is 7.80. The summed E-state index contributed by atoms with van der Waals surface area (Å²) in [5.74, 6) is -2.22. The van der Waals surface area contributed by atoms with Crippen LogP contribution in [-0.4, -0.2) is 29.9 Å². The number of halogens is 2. The van der Waals surface area contributed by atoms with E-state index in [1.807, 2.05) is 0 Å². The normalized spacial score (nSPS) is 11.6. The second-order valence-corrected chi connectivity index (χ2v) is 7.80. The van der Waals surface area contributed by atoms with Crippen LogP contribution in [0.4, 0.5) is 8.78 Å². The first kappa shape index (κ1) is 24.6. The van der Waals surface area contributed by atoms with Gasteiger partial charge in [0, 0.05) is 24.9 Å². The molecule has 0 aliphatic carbocycles. The van der Waals surface area contributed by atoms with Gasteiger partial charge in [-0.2, -0.15) is 0 Å². The average Bonchev–Trinajstić information content (AvgIpc) is 2.81. The number of hydrogen-bond donors (Lipinski definition) is 2. The molecule has 0 aliphatic rings. The molecule has 0 bridgehead atoms. The van der Waals surface area contributed by atoms with Crippen molar-refractivity contribution < 1.29 is 27.8 Å². The molecule has 1 unspecified atom stereocenters. The Bertz CT molecular complexity index is 1130. The van der Waals surface area contributed by atoms with Crippen molar-refractivity contribution in [3.05, 3.63) is 83.6 Å². The molecule has 34 heavy (non-hydrogen) atoms. The van der Waals surface area contributed by atoms with Crippen molar-refractivity contribution in [2.75, 3.05) is 7.11 Å². The van der Waals surface area contributed by atoms with Crippen LogP contribution in [0, 0.1) is 17.6 Å². The Morgan fingerprint density at radius 3 is 2.29 bits per heavy atom. The van der Waals surface area contributed by atoms with Crippen molar-refractivity contribution in [3.8, 4) is 17.4 Å². The third kappa shape index (κ3) is 6.28. The molecule has 2 amide bonds. The zero-order valence-corrected chi connectivity index (χ0v) is 19.0. The molecule has 2 N–H and O–H groups in total. The number of hydrogen-bond acceptors (Lipinski definition) is 5. The number of carbonyl (C=O) groups is 2. The summed E-state index contributed by atoms with van der Waals surface area (Å²) in [7, 11) is 1.56. The molecule has 7 nitrogen and oxygen atoms in total. The second kappa shape index (κ2) is 11.2. The SMILES string of the molecule is COc1cccc(Oc2ccc(CNC(=O)C(NC(=O)c3c(F)cccc3F)C(C)C)cn2)c1. The van der Waals surface area contributed by atoms with Gasteiger partial charge < -0.3 is 20.1 Å². The molecule has 2 aromatic carbocycles. The van der Waals surface area contributed by atoms with Crippen molar-refractivity contribution >= 4 is 11.8 Å². The van der Waals surface area contributed by atoms with Crippen molar-refractivity contribution in [2.24, 2.45) is 5.92 Å². The standard InChI is InChI=1S/C25H25F2N3O4/c1-15(2)23(30-24(31)22-19(26)8-5-9-20(22)27)25(32)29-14-16-10-11-21(28-13-16)34-18-7-4-6-17(12-18)33-3/h4-13,15,23H,14H2,1-3H3,(H,29,32)(H,30,31). The molecule has 0 aliphatic heterocycles. The molecule has 9 heteroatoms. The number of methoxy groups -OCH3 is 1. The number of nitrogens with zero attached hydrogens (tertiary/aromatic N) is 1. The van der Waals surface area contributed by atoms with Crippen molar-refractivity contribution in [3.63, 3.8) is 0 Å². The fraction of sp³-hybridized carbons (Fsp3) is 0.240. The molecule has 0 fully saturated rings. The molecule has 0 radical (unpaired) electrons.